The minimum absolute atomic E-state index is 0.266. The van der Waals surface area contributed by atoms with E-state index in [0.29, 0.717) is 28.1 Å². The maximum absolute atomic E-state index is 14.6. The Balaban J connectivity index is 2.07. The summed E-state index contributed by atoms with van der Waals surface area (Å²) in [6, 6.07) is 7.98. The number of alkyl halides is 1. The van der Waals surface area contributed by atoms with Crippen molar-refractivity contribution in [2.24, 2.45) is 0 Å². The summed E-state index contributed by atoms with van der Waals surface area (Å²) in [5.41, 5.74) is 2.64. The molecule has 1 heterocycles. The van der Waals surface area contributed by atoms with Gasteiger partial charge in [0.25, 0.3) is 0 Å². The number of halogens is 4. The van der Waals surface area contributed by atoms with Gasteiger partial charge in [0.05, 0.1) is 10.0 Å². The number of benzene rings is 2. The average molecular weight is 413 g/mol. The smallest absolute Gasteiger partial charge is 0.126 e. The van der Waals surface area contributed by atoms with Crippen LogP contribution in [0.4, 0.5) is 14.5 Å². The van der Waals surface area contributed by atoms with E-state index in [9.17, 15) is 8.78 Å². The van der Waals surface area contributed by atoms with Gasteiger partial charge in [-0.05, 0) is 43.3 Å². The molecule has 3 rings (SSSR count). The molecule has 0 bridgehead atoms. The third-order valence-electron chi connectivity index (χ3n) is 5.19. The fourth-order valence-electron chi connectivity index (χ4n) is 3.49. The molecule has 1 saturated heterocycles. The Morgan fingerprint density at radius 3 is 2.30 bits per heavy atom. The number of piperazine rings is 1. The lowest BCUT2D eigenvalue weighted by Crippen LogP contribution is -2.46. The Hall–Kier alpha value is -1.36. The van der Waals surface area contributed by atoms with Crippen molar-refractivity contribution in [2.45, 2.75) is 26.4 Å². The van der Waals surface area contributed by atoms with Crippen molar-refractivity contribution in [2.75, 3.05) is 37.6 Å². The van der Waals surface area contributed by atoms with Crippen LogP contribution < -0.4 is 4.90 Å². The van der Waals surface area contributed by atoms with E-state index in [-0.39, 0.29) is 5.02 Å². The van der Waals surface area contributed by atoms with Crippen LogP contribution in [0.5, 0.6) is 0 Å². The molecular formula is C21H24Cl2F2N2. The first-order valence-electron chi connectivity index (χ1n) is 9.34. The molecule has 1 fully saturated rings. The molecule has 1 aliphatic rings. The Morgan fingerprint density at radius 2 is 1.70 bits per heavy atom. The first kappa shape index (κ1) is 20.4. The van der Waals surface area contributed by atoms with E-state index in [1.54, 1.807) is 13.0 Å². The molecule has 1 unspecified atom stereocenters. The molecule has 0 N–H and O–H groups in total. The first-order valence-corrected chi connectivity index (χ1v) is 10.1. The van der Waals surface area contributed by atoms with E-state index in [0.717, 1.165) is 38.4 Å². The molecule has 2 aromatic rings. The van der Waals surface area contributed by atoms with Crippen molar-refractivity contribution < 1.29 is 8.78 Å². The van der Waals surface area contributed by atoms with Crippen LogP contribution in [0.3, 0.4) is 0 Å². The number of anilines is 1. The highest BCUT2D eigenvalue weighted by atomic mass is 35.5. The van der Waals surface area contributed by atoms with Gasteiger partial charge in [-0.2, -0.15) is 0 Å². The fourth-order valence-corrected chi connectivity index (χ4v) is 4.09. The second-order valence-electron chi connectivity index (χ2n) is 6.82. The maximum atomic E-state index is 14.6. The van der Waals surface area contributed by atoms with Crippen LogP contribution >= 0.6 is 23.2 Å². The molecule has 146 valence electrons. The monoisotopic (exact) mass is 412 g/mol. The zero-order valence-electron chi connectivity index (χ0n) is 15.6. The zero-order valence-corrected chi connectivity index (χ0v) is 17.1. The minimum atomic E-state index is -1.16. The molecule has 0 aromatic heterocycles. The zero-order chi connectivity index (χ0) is 19.6. The summed E-state index contributed by atoms with van der Waals surface area (Å²) in [6.07, 6.45) is -0.823. The second kappa shape index (κ2) is 8.76. The molecular weight excluding hydrogens is 389 g/mol. The van der Waals surface area contributed by atoms with Gasteiger partial charge in [0.1, 0.15) is 12.0 Å². The van der Waals surface area contributed by atoms with Crippen LogP contribution in [0.25, 0.3) is 11.1 Å². The molecule has 0 saturated carbocycles. The van der Waals surface area contributed by atoms with Crippen molar-refractivity contribution in [1.82, 2.24) is 4.90 Å². The van der Waals surface area contributed by atoms with Crippen LogP contribution in [0.2, 0.25) is 10.0 Å². The number of hydrogen-bond acceptors (Lipinski definition) is 2. The highest BCUT2D eigenvalue weighted by molar-refractivity contribution is 6.37. The van der Waals surface area contributed by atoms with Crippen molar-refractivity contribution in [3.8, 4) is 11.1 Å². The van der Waals surface area contributed by atoms with Gasteiger partial charge in [-0.3, -0.25) is 0 Å². The van der Waals surface area contributed by atoms with Crippen molar-refractivity contribution in [3.63, 3.8) is 0 Å². The summed E-state index contributed by atoms with van der Waals surface area (Å²) in [7, 11) is 0. The quantitative estimate of drug-likeness (QED) is 0.563. The van der Waals surface area contributed by atoms with Gasteiger partial charge in [-0.25, -0.2) is 8.78 Å². The number of hydrogen-bond donors (Lipinski definition) is 0. The molecule has 1 aliphatic heterocycles. The van der Waals surface area contributed by atoms with E-state index in [2.05, 4.69) is 16.7 Å². The third-order valence-corrected chi connectivity index (χ3v) is 5.92. The number of rotatable bonds is 5. The minimum Gasteiger partial charge on any atom is -0.369 e. The Labute approximate surface area is 169 Å². The molecule has 6 heteroatoms. The van der Waals surface area contributed by atoms with Crippen molar-refractivity contribution in [3.05, 3.63) is 51.8 Å². The number of likely N-dealkylation sites (N-methyl/N-ethyl adjacent to an activating group) is 1. The lowest BCUT2D eigenvalue weighted by Gasteiger charge is -2.36. The van der Waals surface area contributed by atoms with Crippen LogP contribution in [0.1, 0.15) is 32.0 Å². The lowest BCUT2D eigenvalue weighted by atomic mass is 9.98. The summed E-state index contributed by atoms with van der Waals surface area (Å²) in [5.74, 6) is -0.413. The Kier molecular flexibility index (Phi) is 6.61. The van der Waals surface area contributed by atoms with Crippen LogP contribution in [0.15, 0.2) is 30.3 Å². The molecule has 2 nitrogen and oxygen atoms in total. The predicted molar refractivity (Wildman–Crippen MR) is 110 cm³/mol. The van der Waals surface area contributed by atoms with Gasteiger partial charge < -0.3 is 9.80 Å². The van der Waals surface area contributed by atoms with E-state index < -0.39 is 12.0 Å². The standard InChI is InChI=1S/C21H24Cl2F2N2/c1-3-20(25)18-13-15(27-9-7-26(4-2)8-10-27)12-17(21(18)23)16-6-5-14(24)11-19(16)22/h5-6,11-13,20H,3-4,7-10H2,1-2H3. The largest absolute Gasteiger partial charge is 0.369 e. The van der Waals surface area contributed by atoms with E-state index in [1.807, 2.05) is 12.1 Å². The topological polar surface area (TPSA) is 6.48 Å². The summed E-state index contributed by atoms with van der Waals surface area (Å²) >= 11 is 12.8. The summed E-state index contributed by atoms with van der Waals surface area (Å²) in [5, 5.41) is 0.608. The van der Waals surface area contributed by atoms with Gasteiger partial charge in [-0.1, -0.05) is 37.0 Å². The van der Waals surface area contributed by atoms with Gasteiger partial charge >= 0.3 is 0 Å². The summed E-state index contributed by atoms with van der Waals surface area (Å²) in [6.45, 7) is 8.64. The Morgan fingerprint density at radius 1 is 1.00 bits per heavy atom. The van der Waals surface area contributed by atoms with Gasteiger partial charge in [0, 0.05) is 48.6 Å². The van der Waals surface area contributed by atoms with Gasteiger partial charge in [0.2, 0.25) is 0 Å². The van der Waals surface area contributed by atoms with Crippen LogP contribution in [-0.2, 0) is 0 Å². The third kappa shape index (κ3) is 4.39. The molecule has 2 aromatic carbocycles. The highest BCUT2D eigenvalue weighted by Crippen LogP contribution is 2.42. The predicted octanol–water partition coefficient (Wildman–Crippen LogP) is 6.36. The maximum Gasteiger partial charge on any atom is 0.126 e. The van der Waals surface area contributed by atoms with Crippen molar-refractivity contribution >= 4 is 28.9 Å². The lowest BCUT2D eigenvalue weighted by molar-refractivity contribution is 0.271. The second-order valence-corrected chi connectivity index (χ2v) is 7.60. The normalized spacial score (nSPS) is 16.6. The Bertz CT molecular complexity index is 805. The molecule has 0 amide bonds. The first-order chi connectivity index (χ1) is 12.9. The van der Waals surface area contributed by atoms with Gasteiger partial charge in [0.15, 0.2) is 0 Å². The van der Waals surface area contributed by atoms with Crippen molar-refractivity contribution in [1.29, 1.82) is 0 Å². The molecule has 0 radical (unpaired) electrons. The molecule has 27 heavy (non-hydrogen) atoms. The highest BCUT2D eigenvalue weighted by Gasteiger charge is 2.22. The molecule has 0 spiro atoms. The van der Waals surface area contributed by atoms with Crippen LogP contribution in [0, 0.1) is 5.82 Å². The van der Waals surface area contributed by atoms with E-state index in [4.69, 9.17) is 23.2 Å². The van der Waals surface area contributed by atoms with Gasteiger partial charge in [-0.15, -0.1) is 0 Å². The SMILES string of the molecule is CCC(F)c1cc(N2CCN(CC)CC2)cc(-c2ccc(F)cc2Cl)c1Cl. The number of nitrogens with zero attached hydrogens (tertiary/aromatic N) is 2. The van der Waals surface area contributed by atoms with E-state index in [1.165, 1.54) is 12.1 Å². The van der Waals surface area contributed by atoms with Crippen LogP contribution in [-0.4, -0.2) is 37.6 Å². The summed E-state index contributed by atoms with van der Waals surface area (Å²) in [4.78, 5) is 4.63. The average Bonchev–Trinajstić information content (AvgIpc) is 2.68. The molecule has 1 atom stereocenters. The van der Waals surface area contributed by atoms with E-state index >= 15 is 0 Å². The summed E-state index contributed by atoms with van der Waals surface area (Å²) < 4.78 is 28.1. The molecule has 0 aliphatic carbocycles. The fraction of sp³-hybridized carbons (Fsp3) is 0.429.